The van der Waals surface area contributed by atoms with E-state index in [1.807, 2.05) is 0 Å². The van der Waals surface area contributed by atoms with E-state index < -0.39 is 10.5 Å². The second-order valence-corrected chi connectivity index (χ2v) is 6.35. The first-order chi connectivity index (χ1) is 7.56. The normalized spacial score (nSPS) is 12.9. The Balaban J connectivity index is 3.02. The Morgan fingerprint density at radius 3 is 1.50 bits per heavy atom. The van der Waals surface area contributed by atoms with Gasteiger partial charge in [0.05, 0.1) is 10.5 Å². The molecular weight excluding hydrogens is 224 g/mol. The molecule has 16 heavy (non-hydrogen) atoms. The summed E-state index contributed by atoms with van der Waals surface area (Å²) in [6.45, 7) is 2.22. The summed E-state index contributed by atoms with van der Waals surface area (Å²) in [5.74, 6) is 0.0590. The second kappa shape index (κ2) is 10.2. The van der Waals surface area contributed by atoms with Crippen molar-refractivity contribution in [2.24, 2.45) is 0 Å². The van der Waals surface area contributed by atoms with Gasteiger partial charge in [-0.05, 0) is 6.42 Å². The minimum atomic E-state index is -3.74. The molecule has 0 bridgehead atoms. The Hall–Kier alpha value is 0.0700. The minimum absolute atomic E-state index is 0.0590. The van der Waals surface area contributed by atoms with Crippen LogP contribution in [0.4, 0.5) is 0 Å². The Labute approximate surface area is 101 Å². The lowest BCUT2D eigenvalue weighted by Gasteiger charge is -2.08. The Bertz CT molecular complexity index is 189. The monoisotopic (exact) mass is 252 g/mol. The van der Waals surface area contributed by atoms with Crippen molar-refractivity contribution in [2.45, 2.75) is 71.1 Å². The van der Waals surface area contributed by atoms with Gasteiger partial charge in [0.25, 0.3) is 0 Å². The van der Waals surface area contributed by atoms with Crippen LogP contribution in [-0.4, -0.2) is 19.1 Å². The average molecular weight is 252 g/mol. The molecule has 100 valence electrons. The zero-order chi connectivity index (χ0) is 12.3. The lowest BCUT2D eigenvalue weighted by molar-refractivity contribution is 0.420. The molecule has 0 heterocycles. The highest BCUT2D eigenvalue weighted by molar-refractivity contribution is 7.92. The Morgan fingerprint density at radius 1 is 0.750 bits per heavy atom. The van der Waals surface area contributed by atoms with Crippen LogP contribution in [0.15, 0.2) is 0 Å². The summed E-state index contributed by atoms with van der Waals surface area (Å²) in [6.07, 6.45) is 11.9. The highest BCUT2D eigenvalue weighted by atomic mass is 32.3. The van der Waals surface area contributed by atoms with Crippen molar-refractivity contribution in [1.82, 2.24) is 0 Å². The fourth-order valence-corrected chi connectivity index (χ4v) is 2.44. The summed E-state index contributed by atoms with van der Waals surface area (Å²) in [5, 5.41) is 0. The van der Waals surface area contributed by atoms with E-state index in [1.165, 1.54) is 44.9 Å². The highest BCUT2D eigenvalue weighted by Gasteiger charge is 2.02. The van der Waals surface area contributed by atoms with Crippen LogP contribution in [0.5, 0.6) is 0 Å². The maximum Gasteiger partial charge on any atom is 0.0732 e. The summed E-state index contributed by atoms with van der Waals surface area (Å²) in [4.78, 5) is 0. The van der Waals surface area contributed by atoms with Gasteiger partial charge in [0, 0.05) is 5.75 Å². The van der Waals surface area contributed by atoms with E-state index in [4.69, 9.17) is 9.11 Å². The van der Waals surface area contributed by atoms with E-state index in [1.54, 1.807) is 0 Å². The van der Waals surface area contributed by atoms with Crippen molar-refractivity contribution in [3.63, 3.8) is 0 Å². The molecule has 0 saturated heterocycles. The topological polar surface area (TPSA) is 57.5 Å². The molecule has 0 aliphatic heterocycles. The van der Waals surface area contributed by atoms with Crippen LogP contribution < -0.4 is 0 Å². The molecule has 0 radical (unpaired) electrons. The molecule has 0 aliphatic carbocycles. The van der Waals surface area contributed by atoms with Gasteiger partial charge in [-0.25, -0.2) is 4.21 Å². The van der Waals surface area contributed by atoms with Gasteiger partial charge in [0.15, 0.2) is 0 Å². The zero-order valence-electron chi connectivity index (χ0n) is 10.5. The molecule has 0 aliphatic rings. The number of rotatable bonds is 11. The molecule has 0 atom stereocenters. The molecule has 0 amide bonds. The van der Waals surface area contributed by atoms with E-state index in [0.717, 1.165) is 12.8 Å². The van der Waals surface area contributed by atoms with Crippen molar-refractivity contribution in [2.75, 3.05) is 5.75 Å². The predicted molar refractivity (Wildman–Crippen MR) is 71.5 cm³/mol. The van der Waals surface area contributed by atoms with Crippen molar-refractivity contribution < 1.29 is 13.3 Å². The largest absolute Gasteiger partial charge is 0.310 e. The van der Waals surface area contributed by atoms with Crippen molar-refractivity contribution >= 4 is 10.5 Å². The average Bonchev–Trinajstić information content (AvgIpc) is 2.19. The third kappa shape index (κ3) is 14.1. The van der Waals surface area contributed by atoms with E-state index in [-0.39, 0.29) is 5.75 Å². The van der Waals surface area contributed by atoms with Crippen LogP contribution in [0.1, 0.15) is 71.1 Å². The first kappa shape index (κ1) is 16.1. The molecule has 0 rings (SSSR count). The molecule has 0 spiro atoms. The van der Waals surface area contributed by atoms with E-state index in [2.05, 4.69) is 6.92 Å². The Kier molecular flexibility index (Phi) is 10.3. The SMILES string of the molecule is CCCCCCCCCCCC[SH](=O)(O)O. The van der Waals surface area contributed by atoms with E-state index in [0.29, 0.717) is 6.42 Å². The van der Waals surface area contributed by atoms with Gasteiger partial charge in [0.2, 0.25) is 0 Å². The van der Waals surface area contributed by atoms with Gasteiger partial charge in [-0.15, -0.1) is 0 Å². The van der Waals surface area contributed by atoms with Gasteiger partial charge in [-0.1, -0.05) is 64.7 Å². The second-order valence-electron chi connectivity index (χ2n) is 4.57. The number of hydrogen-bond acceptors (Lipinski definition) is 1. The van der Waals surface area contributed by atoms with Crippen LogP contribution in [0.2, 0.25) is 0 Å². The summed E-state index contributed by atoms with van der Waals surface area (Å²) in [6, 6.07) is 0. The summed E-state index contributed by atoms with van der Waals surface area (Å²) < 4.78 is 27.9. The lowest BCUT2D eigenvalue weighted by atomic mass is 10.1. The van der Waals surface area contributed by atoms with Crippen molar-refractivity contribution in [3.05, 3.63) is 0 Å². The number of hydrogen-bond donors (Lipinski definition) is 3. The summed E-state index contributed by atoms with van der Waals surface area (Å²) >= 11 is 0. The van der Waals surface area contributed by atoms with Gasteiger partial charge in [-0.3, -0.25) is 0 Å². The maximum atomic E-state index is 10.6. The quantitative estimate of drug-likeness (QED) is 0.386. The summed E-state index contributed by atoms with van der Waals surface area (Å²) in [7, 11) is -3.74. The molecular formula is C12H28O3S. The fraction of sp³-hybridized carbons (Fsp3) is 1.00. The van der Waals surface area contributed by atoms with Crippen LogP contribution in [0.25, 0.3) is 0 Å². The molecule has 3 nitrogen and oxygen atoms in total. The minimum Gasteiger partial charge on any atom is -0.310 e. The molecule has 0 aromatic heterocycles. The van der Waals surface area contributed by atoms with Crippen LogP contribution in [0.3, 0.4) is 0 Å². The van der Waals surface area contributed by atoms with Crippen molar-refractivity contribution in [1.29, 1.82) is 0 Å². The lowest BCUT2D eigenvalue weighted by Crippen LogP contribution is -2.12. The number of unbranched alkanes of at least 4 members (excludes halogenated alkanes) is 9. The first-order valence-corrected chi connectivity index (χ1v) is 8.40. The zero-order valence-corrected chi connectivity index (χ0v) is 11.4. The summed E-state index contributed by atoms with van der Waals surface area (Å²) in [5.41, 5.74) is 0. The third-order valence-electron chi connectivity index (χ3n) is 2.80. The van der Waals surface area contributed by atoms with Gasteiger partial charge in [0.1, 0.15) is 0 Å². The predicted octanol–water partition coefficient (Wildman–Crippen LogP) is 3.87. The van der Waals surface area contributed by atoms with Crippen LogP contribution in [0, 0.1) is 0 Å². The highest BCUT2D eigenvalue weighted by Crippen LogP contribution is 2.11. The molecule has 0 aromatic rings. The van der Waals surface area contributed by atoms with E-state index in [9.17, 15) is 4.21 Å². The first-order valence-electron chi connectivity index (χ1n) is 6.61. The van der Waals surface area contributed by atoms with Gasteiger partial charge in [-0.2, -0.15) is 0 Å². The molecule has 0 aromatic carbocycles. The molecule has 0 unspecified atom stereocenters. The fourth-order valence-electron chi connectivity index (χ4n) is 1.81. The van der Waals surface area contributed by atoms with Crippen molar-refractivity contribution in [3.8, 4) is 0 Å². The van der Waals surface area contributed by atoms with E-state index >= 15 is 0 Å². The van der Waals surface area contributed by atoms with Gasteiger partial charge >= 0.3 is 0 Å². The molecule has 0 saturated carbocycles. The molecule has 2 N–H and O–H groups in total. The van der Waals surface area contributed by atoms with Crippen LogP contribution in [-0.2, 0) is 10.5 Å². The maximum absolute atomic E-state index is 10.6. The third-order valence-corrected chi connectivity index (χ3v) is 3.70. The molecule has 0 fully saturated rings. The standard InChI is InChI=1S/C12H28O3S/c1-2-3-4-5-6-7-8-9-10-11-12-16(13,14)15/h16H,2-12H2,1H3,(H2,13,14,15). The smallest absolute Gasteiger partial charge is 0.0732 e. The Morgan fingerprint density at radius 2 is 1.12 bits per heavy atom. The number of thiol groups is 1. The van der Waals surface area contributed by atoms with Crippen LogP contribution >= 0.6 is 0 Å². The molecule has 4 heteroatoms. The van der Waals surface area contributed by atoms with Gasteiger partial charge < -0.3 is 9.11 Å².